The summed E-state index contributed by atoms with van der Waals surface area (Å²) < 4.78 is 26.8. The normalized spacial score (nSPS) is 27.1. The molecule has 3 unspecified atom stereocenters. The van der Waals surface area contributed by atoms with Gasteiger partial charge in [0.05, 0.1) is 0 Å². The zero-order valence-corrected chi connectivity index (χ0v) is 11.7. The van der Waals surface area contributed by atoms with Crippen LogP contribution >= 0.6 is 0 Å². The van der Waals surface area contributed by atoms with Crippen LogP contribution in [0.2, 0.25) is 0 Å². The average molecular weight is 299 g/mol. The lowest BCUT2D eigenvalue weighted by Gasteiger charge is -2.32. The van der Waals surface area contributed by atoms with Gasteiger partial charge < -0.3 is 10.4 Å². The molecule has 4 N–H and O–H groups in total. The maximum atomic E-state index is 12.2. The molecule has 7 nitrogen and oxygen atoms in total. The fourth-order valence-corrected chi connectivity index (χ4v) is 3.61. The zero-order valence-electron chi connectivity index (χ0n) is 10.9. The smallest absolute Gasteiger partial charge is 0.244 e. The standard InChI is InChI=1S/C12H17N3O4S/c1-8-10(11(16)15-12(17)14-8)20(18,19)13-7-9-5-3-2-4-6-9/h2-6,8,10,12-14,17H,7H2,1H3,(H,15,16). The van der Waals surface area contributed by atoms with E-state index in [-0.39, 0.29) is 6.54 Å². The van der Waals surface area contributed by atoms with Crippen LogP contribution in [-0.4, -0.2) is 37.1 Å². The number of carbonyl (C=O) groups excluding carboxylic acids is 1. The number of benzene rings is 1. The van der Waals surface area contributed by atoms with Crippen LogP contribution in [-0.2, 0) is 21.4 Å². The number of aliphatic hydroxyl groups is 1. The van der Waals surface area contributed by atoms with Crippen LogP contribution in [0.15, 0.2) is 30.3 Å². The van der Waals surface area contributed by atoms with Gasteiger partial charge in [-0.15, -0.1) is 0 Å². The van der Waals surface area contributed by atoms with Crippen LogP contribution in [0.3, 0.4) is 0 Å². The summed E-state index contributed by atoms with van der Waals surface area (Å²) in [4.78, 5) is 11.7. The summed E-state index contributed by atoms with van der Waals surface area (Å²) in [6.07, 6.45) is -1.22. The van der Waals surface area contributed by atoms with E-state index in [1.807, 2.05) is 6.07 Å². The van der Waals surface area contributed by atoms with Gasteiger partial charge in [0.15, 0.2) is 11.6 Å². The predicted octanol–water partition coefficient (Wildman–Crippen LogP) is -1.14. The van der Waals surface area contributed by atoms with E-state index in [9.17, 15) is 18.3 Å². The van der Waals surface area contributed by atoms with Gasteiger partial charge in [0.25, 0.3) is 0 Å². The topological polar surface area (TPSA) is 108 Å². The second kappa shape index (κ2) is 5.88. The summed E-state index contributed by atoms with van der Waals surface area (Å²) >= 11 is 0. The van der Waals surface area contributed by atoms with Gasteiger partial charge in [0.2, 0.25) is 15.9 Å². The molecule has 110 valence electrons. The van der Waals surface area contributed by atoms with Gasteiger partial charge >= 0.3 is 0 Å². The van der Waals surface area contributed by atoms with Crippen molar-refractivity contribution < 1.29 is 18.3 Å². The summed E-state index contributed by atoms with van der Waals surface area (Å²) in [5.41, 5.74) is 0.799. The lowest BCUT2D eigenvalue weighted by atomic mass is 10.2. The van der Waals surface area contributed by atoms with Gasteiger partial charge in [0, 0.05) is 12.6 Å². The summed E-state index contributed by atoms with van der Waals surface area (Å²) in [6.45, 7) is 1.65. The molecule has 0 radical (unpaired) electrons. The van der Waals surface area contributed by atoms with Gasteiger partial charge in [0.1, 0.15) is 0 Å². The third-order valence-electron chi connectivity index (χ3n) is 3.07. The van der Waals surface area contributed by atoms with E-state index >= 15 is 0 Å². The molecule has 1 aliphatic rings. The summed E-state index contributed by atoms with van der Waals surface area (Å²) in [5, 5.41) is 12.7. The van der Waals surface area contributed by atoms with Gasteiger partial charge in [-0.2, -0.15) is 0 Å². The SMILES string of the molecule is CC1NC(O)NC(=O)C1S(=O)(=O)NCc1ccccc1. The van der Waals surface area contributed by atoms with Crippen molar-refractivity contribution in [2.75, 3.05) is 0 Å². The summed E-state index contributed by atoms with van der Waals surface area (Å²) in [6, 6.07) is 8.32. The minimum Gasteiger partial charge on any atom is -0.361 e. The zero-order chi connectivity index (χ0) is 14.8. The molecular formula is C12H17N3O4S. The van der Waals surface area contributed by atoms with Gasteiger partial charge in [-0.25, -0.2) is 13.1 Å². The monoisotopic (exact) mass is 299 g/mol. The van der Waals surface area contributed by atoms with E-state index in [1.165, 1.54) is 6.92 Å². The highest BCUT2D eigenvalue weighted by atomic mass is 32.2. The number of sulfonamides is 1. The highest BCUT2D eigenvalue weighted by molar-refractivity contribution is 7.90. The first kappa shape index (κ1) is 14.9. The minimum absolute atomic E-state index is 0.113. The second-order valence-electron chi connectivity index (χ2n) is 4.64. The van der Waals surface area contributed by atoms with Crippen molar-refractivity contribution in [3.63, 3.8) is 0 Å². The molecule has 0 aliphatic carbocycles. The van der Waals surface area contributed by atoms with Gasteiger partial charge in [-0.1, -0.05) is 30.3 Å². The molecular weight excluding hydrogens is 282 g/mol. The molecule has 1 aromatic carbocycles. The Bertz CT molecular complexity index is 576. The van der Waals surface area contributed by atoms with Crippen molar-refractivity contribution >= 4 is 15.9 Å². The number of aliphatic hydroxyl groups excluding tert-OH is 1. The van der Waals surface area contributed by atoms with Crippen LogP contribution in [0.1, 0.15) is 12.5 Å². The maximum Gasteiger partial charge on any atom is 0.244 e. The van der Waals surface area contributed by atoms with Crippen LogP contribution in [0.5, 0.6) is 0 Å². The molecule has 2 rings (SSSR count). The Labute approximate surface area is 117 Å². The Hall–Kier alpha value is -1.48. The van der Waals surface area contributed by atoms with E-state index in [1.54, 1.807) is 24.3 Å². The van der Waals surface area contributed by atoms with E-state index in [0.717, 1.165) is 5.56 Å². The van der Waals surface area contributed by atoms with E-state index < -0.39 is 33.6 Å². The third-order valence-corrected chi connectivity index (χ3v) is 4.90. The molecule has 0 spiro atoms. The predicted molar refractivity (Wildman–Crippen MR) is 72.7 cm³/mol. The van der Waals surface area contributed by atoms with Crippen LogP contribution in [0, 0.1) is 0 Å². The number of hydrogen-bond donors (Lipinski definition) is 4. The molecule has 1 saturated heterocycles. The number of rotatable bonds is 4. The highest BCUT2D eigenvalue weighted by Crippen LogP contribution is 2.11. The molecule has 8 heteroatoms. The molecule has 1 heterocycles. The van der Waals surface area contributed by atoms with Crippen molar-refractivity contribution in [3.05, 3.63) is 35.9 Å². The Morgan fingerprint density at radius 2 is 1.95 bits per heavy atom. The fraction of sp³-hybridized carbons (Fsp3) is 0.417. The number of nitrogens with one attached hydrogen (secondary N) is 3. The molecule has 0 aromatic heterocycles. The molecule has 0 bridgehead atoms. The Morgan fingerprint density at radius 3 is 2.55 bits per heavy atom. The fourth-order valence-electron chi connectivity index (χ4n) is 2.10. The number of carbonyl (C=O) groups is 1. The van der Waals surface area contributed by atoms with Crippen molar-refractivity contribution in [1.82, 2.24) is 15.4 Å². The van der Waals surface area contributed by atoms with Crippen LogP contribution in [0.4, 0.5) is 0 Å². The first-order valence-corrected chi connectivity index (χ1v) is 7.71. The largest absolute Gasteiger partial charge is 0.361 e. The Kier molecular flexibility index (Phi) is 4.39. The summed E-state index contributed by atoms with van der Waals surface area (Å²) in [5.74, 6) is -0.718. The van der Waals surface area contributed by atoms with Crippen LogP contribution in [0.25, 0.3) is 0 Å². The second-order valence-corrected chi connectivity index (χ2v) is 6.53. The Morgan fingerprint density at radius 1 is 1.30 bits per heavy atom. The lowest BCUT2D eigenvalue weighted by Crippen LogP contribution is -2.66. The van der Waals surface area contributed by atoms with E-state index in [4.69, 9.17) is 0 Å². The van der Waals surface area contributed by atoms with Crippen molar-refractivity contribution in [2.45, 2.75) is 31.1 Å². The van der Waals surface area contributed by atoms with Crippen LogP contribution < -0.4 is 15.4 Å². The minimum atomic E-state index is -3.84. The number of hydrogen-bond acceptors (Lipinski definition) is 5. The molecule has 1 aromatic rings. The molecule has 0 saturated carbocycles. The average Bonchev–Trinajstić information content (AvgIpc) is 2.36. The maximum absolute atomic E-state index is 12.2. The van der Waals surface area contributed by atoms with Gasteiger partial charge in [-0.3, -0.25) is 10.1 Å². The highest BCUT2D eigenvalue weighted by Gasteiger charge is 2.41. The lowest BCUT2D eigenvalue weighted by molar-refractivity contribution is -0.127. The number of amides is 1. The third kappa shape index (κ3) is 3.34. The van der Waals surface area contributed by atoms with Gasteiger partial charge in [-0.05, 0) is 12.5 Å². The molecule has 3 atom stereocenters. The molecule has 1 amide bonds. The van der Waals surface area contributed by atoms with E-state index in [2.05, 4.69) is 15.4 Å². The quantitative estimate of drug-likeness (QED) is 0.562. The van der Waals surface area contributed by atoms with E-state index in [0.29, 0.717) is 0 Å². The van der Waals surface area contributed by atoms with Crippen molar-refractivity contribution in [2.24, 2.45) is 0 Å². The molecule has 20 heavy (non-hydrogen) atoms. The molecule has 1 fully saturated rings. The van der Waals surface area contributed by atoms with Crippen molar-refractivity contribution in [1.29, 1.82) is 0 Å². The first-order chi connectivity index (χ1) is 9.40. The Balaban J connectivity index is 2.08. The van der Waals surface area contributed by atoms with Crippen molar-refractivity contribution in [3.8, 4) is 0 Å². The molecule has 1 aliphatic heterocycles. The first-order valence-electron chi connectivity index (χ1n) is 6.17. The summed E-state index contributed by atoms with van der Waals surface area (Å²) in [7, 11) is -3.84.